The van der Waals surface area contributed by atoms with Crippen LogP contribution in [0.25, 0.3) is 0 Å². The molecular weight excluding hydrogens is 210 g/mol. The molecule has 2 rings (SSSR count). The van der Waals surface area contributed by atoms with Gasteiger partial charge in [-0.25, -0.2) is 4.98 Å². The molecule has 1 fully saturated rings. The Balaban J connectivity index is 1.95. The van der Waals surface area contributed by atoms with E-state index in [1.165, 1.54) is 25.0 Å². The second kappa shape index (κ2) is 4.81. The summed E-state index contributed by atoms with van der Waals surface area (Å²) in [6, 6.07) is 0.585. The van der Waals surface area contributed by atoms with Gasteiger partial charge in [-0.05, 0) is 40.0 Å². The monoisotopic (exact) mass is 235 g/mol. The number of rotatable bonds is 5. The molecule has 0 radical (unpaired) electrons. The normalized spacial score (nSPS) is 18.4. The van der Waals surface area contributed by atoms with Gasteiger partial charge < -0.3 is 9.88 Å². The molecule has 3 nitrogen and oxygen atoms in total. The summed E-state index contributed by atoms with van der Waals surface area (Å²) in [4.78, 5) is 4.29. The molecule has 1 aromatic rings. The Morgan fingerprint density at radius 3 is 2.76 bits per heavy atom. The number of hydrogen-bond acceptors (Lipinski definition) is 2. The van der Waals surface area contributed by atoms with Gasteiger partial charge in [0.25, 0.3) is 0 Å². The lowest BCUT2D eigenvalue weighted by molar-refractivity contribution is 0.401. The van der Waals surface area contributed by atoms with Crippen LogP contribution in [0.15, 0.2) is 12.5 Å². The number of aromatic nitrogens is 2. The van der Waals surface area contributed by atoms with E-state index in [1.54, 1.807) is 0 Å². The van der Waals surface area contributed by atoms with Gasteiger partial charge in [-0.2, -0.15) is 0 Å². The van der Waals surface area contributed by atoms with Gasteiger partial charge in [0.1, 0.15) is 0 Å². The zero-order chi connectivity index (χ0) is 12.5. The van der Waals surface area contributed by atoms with E-state index in [1.807, 2.05) is 12.5 Å². The zero-order valence-electron chi connectivity index (χ0n) is 11.5. The van der Waals surface area contributed by atoms with Crippen LogP contribution in [0, 0.1) is 5.92 Å². The van der Waals surface area contributed by atoms with Crippen molar-refractivity contribution >= 4 is 0 Å². The lowest BCUT2D eigenvalue weighted by Crippen LogP contribution is -2.35. The Labute approximate surface area is 105 Å². The van der Waals surface area contributed by atoms with E-state index in [2.05, 4.69) is 42.6 Å². The first-order valence-corrected chi connectivity index (χ1v) is 6.71. The number of nitrogens with zero attached hydrogens (tertiary/aromatic N) is 2. The van der Waals surface area contributed by atoms with Gasteiger partial charge in [0.15, 0.2) is 0 Å². The maximum atomic E-state index is 4.29. The second-order valence-corrected chi connectivity index (χ2v) is 6.42. The largest absolute Gasteiger partial charge is 0.331 e. The minimum atomic E-state index is 0.162. The third kappa shape index (κ3) is 3.84. The van der Waals surface area contributed by atoms with Crippen LogP contribution in [0.5, 0.6) is 0 Å². The average Bonchev–Trinajstić information content (AvgIpc) is 2.91. The summed E-state index contributed by atoms with van der Waals surface area (Å²) in [5.41, 5.74) is 1.46. The predicted molar refractivity (Wildman–Crippen MR) is 70.9 cm³/mol. The van der Waals surface area contributed by atoms with Gasteiger partial charge >= 0.3 is 0 Å². The molecule has 1 aliphatic rings. The molecule has 0 aliphatic heterocycles. The summed E-state index contributed by atoms with van der Waals surface area (Å²) < 4.78 is 2.33. The molecule has 1 unspecified atom stereocenters. The highest BCUT2D eigenvalue weighted by Crippen LogP contribution is 2.36. The van der Waals surface area contributed by atoms with E-state index in [0.717, 1.165) is 12.5 Å². The van der Waals surface area contributed by atoms with Crippen molar-refractivity contribution < 1.29 is 0 Å². The van der Waals surface area contributed by atoms with E-state index in [-0.39, 0.29) is 5.54 Å². The Morgan fingerprint density at radius 1 is 1.47 bits per heavy atom. The Morgan fingerprint density at radius 2 is 2.18 bits per heavy atom. The molecule has 0 amide bonds. The van der Waals surface area contributed by atoms with E-state index in [9.17, 15) is 0 Å². The van der Waals surface area contributed by atoms with E-state index in [0.29, 0.717) is 6.04 Å². The summed E-state index contributed by atoms with van der Waals surface area (Å²) in [5, 5.41) is 3.53. The van der Waals surface area contributed by atoms with Crippen molar-refractivity contribution in [3.8, 4) is 0 Å². The quantitative estimate of drug-likeness (QED) is 0.849. The Bertz CT molecular complexity index is 358. The lowest BCUT2D eigenvalue weighted by atomic mass is 10.1. The molecule has 1 N–H and O–H groups in total. The van der Waals surface area contributed by atoms with Crippen LogP contribution in [-0.4, -0.2) is 15.1 Å². The molecule has 1 aliphatic carbocycles. The third-order valence-corrected chi connectivity index (χ3v) is 3.39. The lowest BCUT2D eigenvalue weighted by Gasteiger charge is -2.22. The highest BCUT2D eigenvalue weighted by molar-refractivity contribution is 5.01. The van der Waals surface area contributed by atoms with Crippen molar-refractivity contribution in [2.24, 2.45) is 5.92 Å². The van der Waals surface area contributed by atoms with Crippen LogP contribution in [0.3, 0.4) is 0 Å². The molecule has 1 heterocycles. The SMILES string of the molecule is CC(CC1CC1)n1cncc1CNC(C)(C)C. The number of nitrogens with one attached hydrogen (secondary N) is 1. The fraction of sp³-hybridized carbons (Fsp3) is 0.786. The molecular formula is C14H25N3. The Hall–Kier alpha value is -0.830. The summed E-state index contributed by atoms with van der Waals surface area (Å²) in [5.74, 6) is 0.968. The van der Waals surface area contributed by atoms with Gasteiger partial charge in [0, 0.05) is 24.3 Å². The van der Waals surface area contributed by atoms with Crippen LogP contribution < -0.4 is 5.32 Å². The summed E-state index contributed by atoms with van der Waals surface area (Å²) in [6.07, 6.45) is 8.12. The van der Waals surface area contributed by atoms with Crippen LogP contribution in [0.4, 0.5) is 0 Å². The topological polar surface area (TPSA) is 29.9 Å². The molecule has 0 saturated heterocycles. The van der Waals surface area contributed by atoms with E-state index in [4.69, 9.17) is 0 Å². The van der Waals surface area contributed by atoms with Crippen molar-refractivity contribution in [3.63, 3.8) is 0 Å². The number of imidazole rings is 1. The van der Waals surface area contributed by atoms with Gasteiger partial charge in [0.05, 0.1) is 12.0 Å². The predicted octanol–water partition coefficient (Wildman–Crippen LogP) is 3.13. The highest BCUT2D eigenvalue weighted by Gasteiger charge is 2.24. The van der Waals surface area contributed by atoms with Crippen molar-refractivity contribution in [3.05, 3.63) is 18.2 Å². The minimum Gasteiger partial charge on any atom is -0.331 e. The standard InChI is InChI=1S/C14H25N3/c1-11(7-12-5-6-12)17-10-15-8-13(17)9-16-14(2,3)4/h8,10-12,16H,5-7,9H2,1-4H3. The molecule has 0 aromatic carbocycles. The van der Waals surface area contributed by atoms with Gasteiger partial charge in [0.2, 0.25) is 0 Å². The van der Waals surface area contributed by atoms with Crippen LogP contribution >= 0.6 is 0 Å². The fourth-order valence-corrected chi connectivity index (χ4v) is 2.17. The maximum absolute atomic E-state index is 4.29. The van der Waals surface area contributed by atoms with Gasteiger partial charge in [-0.1, -0.05) is 12.8 Å². The third-order valence-electron chi connectivity index (χ3n) is 3.39. The van der Waals surface area contributed by atoms with E-state index < -0.39 is 0 Å². The molecule has 1 aromatic heterocycles. The van der Waals surface area contributed by atoms with Crippen LogP contribution in [-0.2, 0) is 6.54 Å². The summed E-state index contributed by atoms with van der Waals surface area (Å²) in [7, 11) is 0. The zero-order valence-corrected chi connectivity index (χ0v) is 11.5. The molecule has 3 heteroatoms. The van der Waals surface area contributed by atoms with Crippen LogP contribution in [0.1, 0.15) is 58.7 Å². The molecule has 1 saturated carbocycles. The maximum Gasteiger partial charge on any atom is 0.0951 e. The summed E-state index contributed by atoms with van der Waals surface area (Å²) >= 11 is 0. The van der Waals surface area contributed by atoms with Crippen molar-refractivity contribution in [2.75, 3.05) is 0 Å². The minimum absolute atomic E-state index is 0.162. The molecule has 17 heavy (non-hydrogen) atoms. The Kier molecular flexibility index (Phi) is 3.57. The summed E-state index contributed by atoms with van der Waals surface area (Å²) in [6.45, 7) is 9.79. The first kappa shape index (κ1) is 12.6. The van der Waals surface area contributed by atoms with Crippen LogP contribution in [0.2, 0.25) is 0 Å². The molecule has 1 atom stereocenters. The first-order valence-electron chi connectivity index (χ1n) is 6.71. The van der Waals surface area contributed by atoms with Crippen molar-refractivity contribution in [1.82, 2.24) is 14.9 Å². The van der Waals surface area contributed by atoms with Crippen molar-refractivity contribution in [1.29, 1.82) is 0 Å². The van der Waals surface area contributed by atoms with Gasteiger partial charge in [-0.15, -0.1) is 0 Å². The van der Waals surface area contributed by atoms with Crippen molar-refractivity contribution in [2.45, 2.75) is 65.1 Å². The molecule has 0 bridgehead atoms. The molecule has 96 valence electrons. The van der Waals surface area contributed by atoms with E-state index >= 15 is 0 Å². The van der Waals surface area contributed by atoms with Gasteiger partial charge in [-0.3, -0.25) is 0 Å². The second-order valence-electron chi connectivity index (χ2n) is 6.42. The average molecular weight is 235 g/mol. The number of hydrogen-bond donors (Lipinski definition) is 1. The molecule has 0 spiro atoms. The highest BCUT2D eigenvalue weighted by atomic mass is 15.1. The first-order chi connectivity index (χ1) is 7.96. The fourth-order valence-electron chi connectivity index (χ4n) is 2.17. The smallest absolute Gasteiger partial charge is 0.0951 e.